The summed E-state index contributed by atoms with van der Waals surface area (Å²) in [7, 11) is 0. The van der Waals surface area contributed by atoms with Crippen LogP contribution >= 0.6 is 0 Å². The van der Waals surface area contributed by atoms with E-state index in [1.807, 2.05) is 19.1 Å². The highest BCUT2D eigenvalue weighted by molar-refractivity contribution is 5.67. The van der Waals surface area contributed by atoms with Gasteiger partial charge in [0.15, 0.2) is 0 Å². The molecule has 2 fully saturated rings. The van der Waals surface area contributed by atoms with Crippen molar-refractivity contribution in [1.29, 1.82) is 0 Å². The molecule has 2 bridgehead atoms. The van der Waals surface area contributed by atoms with Crippen LogP contribution in [0.1, 0.15) is 38.2 Å². The van der Waals surface area contributed by atoms with Gasteiger partial charge in [-0.25, -0.2) is 0 Å². The van der Waals surface area contributed by atoms with Gasteiger partial charge in [0.2, 0.25) is 0 Å². The molecule has 110 valence electrons. The van der Waals surface area contributed by atoms with Gasteiger partial charge in [0.05, 0.1) is 0 Å². The molecule has 2 unspecified atom stereocenters. The molecule has 1 aromatic carbocycles. The number of rotatable bonds is 2. The van der Waals surface area contributed by atoms with Crippen LogP contribution < -0.4 is 14.8 Å². The second-order valence-electron chi connectivity index (χ2n) is 6.40. The maximum absolute atomic E-state index is 6.19. The Bertz CT molecular complexity index is 608. The van der Waals surface area contributed by atoms with E-state index in [-0.39, 0.29) is 0 Å². The number of benzene rings is 1. The molecule has 3 nitrogen and oxygen atoms in total. The maximum atomic E-state index is 6.19. The third-order valence-corrected chi connectivity index (χ3v) is 4.76. The average molecular weight is 283 g/mol. The summed E-state index contributed by atoms with van der Waals surface area (Å²) in [5.74, 6) is 2.47. The molecule has 4 rings (SSSR count). The van der Waals surface area contributed by atoms with Crippen LogP contribution in [0.5, 0.6) is 11.5 Å². The second-order valence-corrected chi connectivity index (χ2v) is 6.40. The maximum Gasteiger partial charge on any atom is 0.138 e. The van der Waals surface area contributed by atoms with Crippen LogP contribution in [0.15, 0.2) is 36.1 Å². The standard InChI is InChI=1S/C18H21NO2/c1-11-7-13-3-6-16(10-18(13)20-12(11)2)21-17-8-14-4-5-15(9-17)19-14/h3,6-7,10,14-15,17,19H,2,4-5,8-9H2,1H3. The van der Waals surface area contributed by atoms with Gasteiger partial charge in [0, 0.05) is 23.7 Å². The minimum Gasteiger partial charge on any atom is -0.490 e. The van der Waals surface area contributed by atoms with Gasteiger partial charge in [-0.05, 0) is 56.4 Å². The summed E-state index contributed by atoms with van der Waals surface area (Å²) < 4.78 is 12.0. The highest BCUT2D eigenvalue weighted by Crippen LogP contribution is 2.35. The fourth-order valence-electron chi connectivity index (χ4n) is 3.62. The number of fused-ring (bicyclic) bond motifs is 3. The Kier molecular flexibility index (Phi) is 3.03. The number of hydrogen-bond donors (Lipinski definition) is 1. The molecule has 1 aromatic rings. The first-order valence-corrected chi connectivity index (χ1v) is 7.79. The Balaban J connectivity index is 1.52. The van der Waals surface area contributed by atoms with Gasteiger partial charge in [-0.1, -0.05) is 6.58 Å². The molecular formula is C18H21NO2. The van der Waals surface area contributed by atoms with Crippen LogP contribution in [0.25, 0.3) is 6.08 Å². The highest BCUT2D eigenvalue weighted by atomic mass is 16.5. The zero-order chi connectivity index (χ0) is 14.4. The Morgan fingerprint density at radius 3 is 2.76 bits per heavy atom. The summed E-state index contributed by atoms with van der Waals surface area (Å²) in [5.41, 5.74) is 2.17. The molecule has 3 aliphatic heterocycles. The molecule has 3 aliphatic rings. The lowest BCUT2D eigenvalue weighted by atomic mass is 10.0. The zero-order valence-corrected chi connectivity index (χ0v) is 12.4. The predicted molar refractivity (Wildman–Crippen MR) is 83.5 cm³/mol. The van der Waals surface area contributed by atoms with E-state index in [0.29, 0.717) is 18.2 Å². The number of nitrogens with one attached hydrogen (secondary N) is 1. The number of allylic oxidation sites excluding steroid dienone is 1. The Hall–Kier alpha value is -1.74. The van der Waals surface area contributed by atoms with E-state index in [4.69, 9.17) is 9.47 Å². The van der Waals surface area contributed by atoms with Gasteiger partial charge in [0.1, 0.15) is 23.4 Å². The third kappa shape index (κ3) is 2.46. The van der Waals surface area contributed by atoms with E-state index < -0.39 is 0 Å². The van der Waals surface area contributed by atoms with Crippen LogP contribution in [0, 0.1) is 0 Å². The quantitative estimate of drug-likeness (QED) is 0.898. The van der Waals surface area contributed by atoms with E-state index in [2.05, 4.69) is 24.0 Å². The van der Waals surface area contributed by atoms with Crippen molar-refractivity contribution in [2.24, 2.45) is 0 Å². The zero-order valence-electron chi connectivity index (χ0n) is 12.4. The van der Waals surface area contributed by atoms with E-state index in [9.17, 15) is 0 Å². The average Bonchev–Trinajstić information content (AvgIpc) is 2.80. The van der Waals surface area contributed by atoms with Crippen LogP contribution in [0.3, 0.4) is 0 Å². The molecule has 0 spiro atoms. The largest absolute Gasteiger partial charge is 0.490 e. The van der Waals surface area contributed by atoms with Gasteiger partial charge < -0.3 is 14.8 Å². The Labute approximate surface area is 125 Å². The highest BCUT2D eigenvalue weighted by Gasteiger charge is 2.34. The van der Waals surface area contributed by atoms with Gasteiger partial charge in [0.25, 0.3) is 0 Å². The molecule has 0 aromatic heterocycles. The number of piperidine rings is 1. The van der Waals surface area contributed by atoms with Crippen molar-refractivity contribution in [3.05, 3.63) is 41.7 Å². The van der Waals surface area contributed by atoms with Crippen LogP contribution in [0.4, 0.5) is 0 Å². The molecule has 21 heavy (non-hydrogen) atoms. The van der Waals surface area contributed by atoms with Crippen LogP contribution in [-0.4, -0.2) is 18.2 Å². The smallest absolute Gasteiger partial charge is 0.138 e. The monoisotopic (exact) mass is 283 g/mol. The first kappa shape index (κ1) is 13.0. The predicted octanol–water partition coefficient (Wildman–Crippen LogP) is 3.66. The Morgan fingerprint density at radius 2 is 2.00 bits per heavy atom. The van der Waals surface area contributed by atoms with E-state index in [1.54, 1.807) is 0 Å². The van der Waals surface area contributed by atoms with E-state index >= 15 is 0 Å². The third-order valence-electron chi connectivity index (χ3n) is 4.76. The SMILES string of the molecule is C=C1Oc2cc(OC3CC4CCC(C3)N4)ccc2C=C1C. The minimum atomic E-state index is 0.325. The molecule has 3 heteroatoms. The first-order valence-electron chi connectivity index (χ1n) is 7.79. The minimum absolute atomic E-state index is 0.325. The molecule has 2 atom stereocenters. The molecule has 3 heterocycles. The van der Waals surface area contributed by atoms with E-state index in [0.717, 1.165) is 41.2 Å². The molecule has 0 radical (unpaired) electrons. The molecule has 0 saturated carbocycles. The fourth-order valence-corrected chi connectivity index (χ4v) is 3.62. The van der Waals surface area contributed by atoms with Crippen molar-refractivity contribution in [1.82, 2.24) is 5.32 Å². The Morgan fingerprint density at radius 1 is 1.24 bits per heavy atom. The summed E-state index contributed by atoms with van der Waals surface area (Å²) in [5, 5.41) is 3.64. The summed E-state index contributed by atoms with van der Waals surface area (Å²) in [6.07, 6.45) is 7.24. The first-order chi connectivity index (χ1) is 10.2. The van der Waals surface area contributed by atoms with Crippen molar-refractivity contribution in [2.75, 3.05) is 0 Å². The summed E-state index contributed by atoms with van der Waals surface area (Å²) in [6.45, 7) is 5.94. The lowest BCUT2D eigenvalue weighted by Crippen LogP contribution is -2.42. The van der Waals surface area contributed by atoms with Crippen LogP contribution in [0.2, 0.25) is 0 Å². The molecule has 1 N–H and O–H groups in total. The van der Waals surface area contributed by atoms with Crippen molar-refractivity contribution in [3.8, 4) is 11.5 Å². The summed E-state index contributed by atoms with van der Waals surface area (Å²) in [6, 6.07) is 7.40. The summed E-state index contributed by atoms with van der Waals surface area (Å²) >= 11 is 0. The lowest BCUT2D eigenvalue weighted by molar-refractivity contribution is 0.137. The second kappa shape index (κ2) is 4.92. The molecule has 0 aliphatic carbocycles. The fraction of sp³-hybridized carbons (Fsp3) is 0.444. The van der Waals surface area contributed by atoms with Crippen molar-refractivity contribution in [2.45, 2.75) is 50.8 Å². The lowest BCUT2D eigenvalue weighted by Gasteiger charge is -2.29. The van der Waals surface area contributed by atoms with Gasteiger partial charge in [-0.2, -0.15) is 0 Å². The topological polar surface area (TPSA) is 30.5 Å². The van der Waals surface area contributed by atoms with Gasteiger partial charge in [-0.15, -0.1) is 0 Å². The van der Waals surface area contributed by atoms with Crippen LogP contribution in [-0.2, 0) is 0 Å². The molecule has 2 saturated heterocycles. The van der Waals surface area contributed by atoms with Gasteiger partial charge in [-0.3, -0.25) is 0 Å². The van der Waals surface area contributed by atoms with E-state index in [1.165, 1.54) is 12.8 Å². The van der Waals surface area contributed by atoms with Crippen molar-refractivity contribution in [3.63, 3.8) is 0 Å². The normalized spacial score (nSPS) is 30.4. The van der Waals surface area contributed by atoms with Gasteiger partial charge >= 0.3 is 0 Å². The van der Waals surface area contributed by atoms with Crippen molar-refractivity contribution >= 4 is 6.08 Å². The number of hydrogen-bond acceptors (Lipinski definition) is 3. The molecule has 0 amide bonds. The van der Waals surface area contributed by atoms with Crippen molar-refractivity contribution < 1.29 is 9.47 Å². The molecular weight excluding hydrogens is 262 g/mol. The number of ether oxygens (including phenoxy) is 2. The summed E-state index contributed by atoms with van der Waals surface area (Å²) in [4.78, 5) is 0.